The van der Waals surface area contributed by atoms with Gasteiger partial charge in [-0.1, -0.05) is 18.7 Å². The molecule has 1 heterocycles. The second kappa shape index (κ2) is 6.31. The van der Waals surface area contributed by atoms with Crippen molar-refractivity contribution < 1.29 is 4.79 Å². The van der Waals surface area contributed by atoms with E-state index in [0.29, 0.717) is 5.57 Å². The Hall–Kier alpha value is -1.68. The van der Waals surface area contributed by atoms with Gasteiger partial charge >= 0.3 is 0 Å². The molecule has 1 aliphatic heterocycles. The minimum Gasteiger partial charge on any atom is -0.356 e. The van der Waals surface area contributed by atoms with E-state index in [1.54, 1.807) is 0 Å². The molecular formula is C14H21N3O. The van der Waals surface area contributed by atoms with Crippen molar-refractivity contribution in [1.29, 1.82) is 0 Å². The lowest BCUT2D eigenvalue weighted by Crippen LogP contribution is -2.48. The highest BCUT2D eigenvalue weighted by Gasteiger charge is 2.26. The van der Waals surface area contributed by atoms with Crippen LogP contribution in [0, 0.1) is 0 Å². The molecule has 0 saturated heterocycles. The van der Waals surface area contributed by atoms with E-state index in [1.807, 2.05) is 19.1 Å². The fourth-order valence-electron chi connectivity index (χ4n) is 2.16. The molecule has 0 aromatic rings. The van der Waals surface area contributed by atoms with Crippen molar-refractivity contribution in [2.24, 2.45) is 4.99 Å². The van der Waals surface area contributed by atoms with E-state index in [9.17, 15) is 4.79 Å². The zero-order chi connectivity index (χ0) is 13.7. The summed E-state index contributed by atoms with van der Waals surface area (Å²) in [7, 11) is 0. The van der Waals surface area contributed by atoms with Crippen molar-refractivity contribution in [2.45, 2.75) is 26.9 Å². The van der Waals surface area contributed by atoms with Crippen molar-refractivity contribution in [3.63, 3.8) is 0 Å². The molecule has 0 radical (unpaired) electrons. The Balaban J connectivity index is 3.27. The van der Waals surface area contributed by atoms with Gasteiger partial charge in [-0.15, -0.1) is 0 Å². The molecule has 0 aromatic heterocycles. The Morgan fingerprint density at radius 3 is 2.83 bits per heavy atom. The van der Waals surface area contributed by atoms with Crippen molar-refractivity contribution in [3.8, 4) is 0 Å². The van der Waals surface area contributed by atoms with Gasteiger partial charge in [-0.2, -0.15) is 0 Å². The maximum atomic E-state index is 11.7. The number of nitrogens with one attached hydrogen (secondary N) is 1. The van der Waals surface area contributed by atoms with Gasteiger partial charge in [0.15, 0.2) is 0 Å². The number of carbonyl (C=O) groups excluding carboxylic acids is 1. The molecule has 18 heavy (non-hydrogen) atoms. The molecule has 1 amide bonds. The minimum atomic E-state index is -0.362. The number of allylic oxidation sites excluding steroid dienone is 1. The topological polar surface area (TPSA) is 44.7 Å². The fourth-order valence-corrected chi connectivity index (χ4v) is 2.16. The number of hydrogen-bond acceptors (Lipinski definition) is 3. The molecule has 98 valence electrons. The summed E-state index contributed by atoms with van der Waals surface area (Å²) in [4.78, 5) is 17.3. The Morgan fingerprint density at radius 1 is 1.67 bits per heavy atom. The van der Waals surface area contributed by atoms with E-state index in [4.69, 9.17) is 0 Å². The summed E-state index contributed by atoms with van der Waals surface area (Å²) in [5.74, 6) is -0.362. The average Bonchev–Trinajstić information content (AvgIpc) is 2.38. The van der Waals surface area contributed by atoms with Gasteiger partial charge in [0.2, 0.25) is 0 Å². The van der Waals surface area contributed by atoms with Crippen LogP contribution in [0.25, 0.3) is 0 Å². The van der Waals surface area contributed by atoms with Gasteiger partial charge in [0.25, 0.3) is 5.91 Å². The Morgan fingerprint density at radius 2 is 2.33 bits per heavy atom. The SMILES string of the molecule is C=NC(=O)C(=C)C1=C(/C=C\C)CNC(C)N1CC. The molecule has 4 nitrogen and oxygen atoms in total. The molecular weight excluding hydrogens is 226 g/mol. The number of aliphatic imine (C=N–C) groups is 1. The molecule has 1 aliphatic rings. The maximum absolute atomic E-state index is 11.7. The summed E-state index contributed by atoms with van der Waals surface area (Å²) in [5, 5.41) is 3.38. The minimum absolute atomic E-state index is 0.174. The molecule has 1 N–H and O–H groups in total. The molecule has 0 saturated carbocycles. The van der Waals surface area contributed by atoms with E-state index in [0.717, 1.165) is 24.4 Å². The van der Waals surface area contributed by atoms with Crippen LogP contribution in [0.1, 0.15) is 20.8 Å². The summed E-state index contributed by atoms with van der Waals surface area (Å²) in [6, 6.07) is 0. The highest BCUT2D eigenvalue weighted by atomic mass is 16.1. The van der Waals surface area contributed by atoms with Gasteiger partial charge in [0, 0.05) is 13.1 Å². The quantitative estimate of drug-likeness (QED) is 0.609. The standard InChI is InChI=1S/C14H21N3O/c1-6-8-12-9-16-11(4)17(7-2)13(12)10(3)14(18)15-5/h6,8,11,16H,3,5,7,9H2,1-2,4H3/b8-6-. The first kappa shape index (κ1) is 14.4. The van der Waals surface area contributed by atoms with Crippen LogP contribution < -0.4 is 5.32 Å². The molecule has 0 fully saturated rings. The summed E-state index contributed by atoms with van der Waals surface area (Å²) in [5.41, 5.74) is 2.34. The normalized spacial score (nSPS) is 20.4. The van der Waals surface area contributed by atoms with Crippen LogP contribution in [-0.2, 0) is 4.79 Å². The molecule has 0 aliphatic carbocycles. The number of likely N-dealkylation sites (N-methyl/N-ethyl adjacent to an activating group) is 1. The zero-order valence-electron chi connectivity index (χ0n) is 11.4. The molecule has 0 spiro atoms. The summed E-state index contributed by atoms with van der Waals surface area (Å²) < 4.78 is 0. The van der Waals surface area contributed by atoms with Gasteiger partial charge < -0.3 is 4.90 Å². The van der Waals surface area contributed by atoms with Crippen molar-refractivity contribution >= 4 is 12.6 Å². The van der Waals surface area contributed by atoms with Crippen LogP contribution in [0.3, 0.4) is 0 Å². The third-order valence-electron chi connectivity index (χ3n) is 3.04. The van der Waals surface area contributed by atoms with Crippen LogP contribution >= 0.6 is 0 Å². The molecule has 1 atom stereocenters. The monoisotopic (exact) mass is 247 g/mol. The highest BCUT2D eigenvalue weighted by molar-refractivity contribution is 5.99. The van der Waals surface area contributed by atoms with E-state index in [1.165, 1.54) is 0 Å². The smallest absolute Gasteiger partial charge is 0.277 e. The van der Waals surface area contributed by atoms with E-state index < -0.39 is 0 Å². The lowest BCUT2D eigenvalue weighted by atomic mass is 10.0. The lowest BCUT2D eigenvalue weighted by Gasteiger charge is -2.38. The van der Waals surface area contributed by atoms with Crippen molar-refractivity contribution in [2.75, 3.05) is 13.1 Å². The van der Waals surface area contributed by atoms with Crippen LogP contribution in [0.2, 0.25) is 0 Å². The Labute approximate surface area is 109 Å². The highest BCUT2D eigenvalue weighted by Crippen LogP contribution is 2.25. The first-order valence-electron chi connectivity index (χ1n) is 6.13. The number of carbonyl (C=O) groups is 1. The second-order valence-electron chi connectivity index (χ2n) is 4.16. The third kappa shape index (κ3) is 2.76. The van der Waals surface area contributed by atoms with Crippen LogP contribution in [0.4, 0.5) is 0 Å². The molecule has 0 bridgehead atoms. The van der Waals surface area contributed by atoms with E-state index in [-0.39, 0.29) is 12.1 Å². The van der Waals surface area contributed by atoms with Crippen LogP contribution in [-0.4, -0.2) is 36.8 Å². The molecule has 1 rings (SSSR count). The predicted octanol–water partition coefficient (Wildman–Crippen LogP) is 1.87. The van der Waals surface area contributed by atoms with Crippen molar-refractivity contribution in [1.82, 2.24) is 10.2 Å². The number of rotatable bonds is 4. The Kier molecular flexibility index (Phi) is 5.04. The average molecular weight is 247 g/mol. The van der Waals surface area contributed by atoms with E-state index in [2.05, 4.69) is 42.4 Å². The van der Waals surface area contributed by atoms with Crippen molar-refractivity contribution in [3.05, 3.63) is 35.6 Å². The van der Waals surface area contributed by atoms with Gasteiger partial charge in [-0.25, -0.2) is 4.99 Å². The summed E-state index contributed by atoms with van der Waals surface area (Å²) in [6.07, 6.45) is 4.13. The van der Waals surface area contributed by atoms with Gasteiger partial charge in [0.05, 0.1) is 17.4 Å². The number of hydrogen-bond donors (Lipinski definition) is 1. The molecule has 1 unspecified atom stereocenters. The van der Waals surface area contributed by atoms with Gasteiger partial charge in [-0.05, 0) is 33.1 Å². The molecule has 0 aromatic carbocycles. The zero-order valence-corrected chi connectivity index (χ0v) is 11.4. The number of nitrogens with zero attached hydrogens (tertiary/aromatic N) is 2. The van der Waals surface area contributed by atoms with Crippen LogP contribution in [0.15, 0.2) is 40.6 Å². The fraction of sp³-hybridized carbons (Fsp3) is 0.429. The van der Waals surface area contributed by atoms with Crippen LogP contribution in [0.5, 0.6) is 0 Å². The largest absolute Gasteiger partial charge is 0.356 e. The second-order valence-corrected chi connectivity index (χ2v) is 4.16. The lowest BCUT2D eigenvalue weighted by molar-refractivity contribution is -0.114. The first-order chi connectivity index (χ1) is 8.56. The third-order valence-corrected chi connectivity index (χ3v) is 3.04. The van der Waals surface area contributed by atoms with Gasteiger partial charge in [-0.3, -0.25) is 10.1 Å². The summed E-state index contributed by atoms with van der Waals surface area (Å²) >= 11 is 0. The Bertz CT molecular complexity index is 421. The molecule has 4 heteroatoms. The van der Waals surface area contributed by atoms with Gasteiger partial charge in [0.1, 0.15) is 0 Å². The summed E-state index contributed by atoms with van der Waals surface area (Å²) in [6.45, 7) is 14.7. The number of amides is 1. The van der Waals surface area contributed by atoms with E-state index >= 15 is 0 Å². The maximum Gasteiger partial charge on any atom is 0.277 e. The first-order valence-corrected chi connectivity index (χ1v) is 6.13. The predicted molar refractivity (Wildman–Crippen MR) is 75.4 cm³/mol.